The maximum Gasteiger partial charge on any atom is 0.250 e. The van der Waals surface area contributed by atoms with Crippen LogP contribution in [0.5, 0.6) is 0 Å². The highest BCUT2D eigenvalue weighted by molar-refractivity contribution is 5.81. The largest absolute Gasteiger partial charge is 0.366 e. The molecule has 0 aromatic heterocycles. The lowest BCUT2D eigenvalue weighted by molar-refractivity contribution is -0.134. The van der Waals surface area contributed by atoms with Crippen LogP contribution in [-0.2, 0) is 16.0 Å². The number of carbonyl (C=O) groups excluding carboxylic acids is 1. The van der Waals surface area contributed by atoms with E-state index in [2.05, 4.69) is 10.6 Å². The van der Waals surface area contributed by atoms with E-state index in [-0.39, 0.29) is 11.7 Å². The predicted molar refractivity (Wildman–Crippen MR) is 65.7 cm³/mol. The number of carbonyl (C=O) groups is 1. The van der Waals surface area contributed by atoms with Gasteiger partial charge < -0.3 is 15.4 Å². The second-order valence-corrected chi connectivity index (χ2v) is 4.23. The molecular weight excluding hydrogens is 235 g/mol. The number of nitrogens with one attached hydrogen (secondary N) is 2. The van der Waals surface area contributed by atoms with Crippen molar-refractivity contribution >= 4 is 5.91 Å². The van der Waals surface area contributed by atoms with Gasteiger partial charge in [-0.05, 0) is 24.1 Å². The van der Waals surface area contributed by atoms with Gasteiger partial charge in [-0.25, -0.2) is 4.39 Å². The molecule has 2 rings (SSSR count). The third-order valence-electron chi connectivity index (χ3n) is 2.85. The van der Waals surface area contributed by atoms with Crippen molar-refractivity contribution in [2.45, 2.75) is 12.5 Å². The standard InChI is InChI=1S/C13H17FN2O2/c14-11-3-1-10(2-4-11)5-6-16-13(17)12-9-15-7-8-18-12/h1-4,12,15H,5-9H2,(H,16,17). The van der Waals surface area contributed by atoms with Gasteiger partial charge in [0.2, 0.25) is 5.91 Å². The van der Waals surface area contributed by atoms with Crippen LogP contribution in [-0.4, -0.2) is 38.3 Å². The Labute approximate surface area is 106 Å². The highest BCUT2D eigenvalue weighted by Gasteiger charge is 2.20. The molecule has 1 unspecified atom stereocenters. The fourth-order valence-corrected chi connectivity index (χ4v) is 1.83. The number of hydrogen-bond acceptors (Lipinski definition) is 3. The molecule has 1 fully saturated rings. The molecule has 1 saturated heterocycles. The van der Waals surface area contributed by atoms with Crippen LogP contribution in [0.1, 0.15) is 5.56 Å². The molecule has 1 heterocycles. The minimum Gasteiger partial charge on any atom is -0.366 e. The van der Waals surface area contributed by atoms with E-state index in [0.29, 0.717) is 26.1 Å². The second-order valence-electron chi connectivity index (χ2n) is 4.23. The van der Waals surface area contributed by atoms with Crippen LogP contribution < -0.4 is 10.6 Å². The van der Waals surface area contributed by atoms with Crippen molar-refractivity contribution in [1.29, 1.82) is 0 Å². The van der Waals surface area contributed by atoms with Gasteiger partial charge in [-0.15, -0.1) is 0 Å². The minimum atomic E-state index is -0.396. The summed E-state index contributed by atoms with van der Waals surface area (Å²) in [5.74, 6) is -0.339. The molecule has 0 bridgehead atoms. The normalized spacial score (nSPS) is 19.5. The Bertz CT molecular complexity index is 388. The Kier molecular flexibility index (Phi) is 4.66. The Morgan fingerprint density at radius 1 is 1.44 bits per heavy atom. The van der Waals surface area contributed by atoms with Gasteiger partial charge in [0.05, 0.1) is 6.61 Å². The molecule has 0 spiro atoms. The summed E-state index contributed by atoms with van der Waals surface area (Å²) in [5, 5.41) is 5.92. The first-order chi connectivity index (χ1) is 8.75. The Morgan fingerprint density at radius 3 is 2.89 bits per heavy atom. The average molecular weight is 252 g/mol. The average Bonchev–Trinajstić information content (AvgIpc) is 2.42. The van der Waals surface area contributed by atoms with Gasteiger partial charge in [0.25, 0.3) is 0 Å². The van der Waals surface area contributed by atoms with Crippen molar-refractivity contribution in [3.05, 3.63) is 35.6 Å². The van der Waals surface area contributed by atoms with E-state index in [1.165, 1.54) is 12.1 Å². The molecule has 1 atom stereocenters. The summed E-state index contributed by atoms with van der Waals surface area (Å²) in [6.07, 6.45) is 0.290. The predicted octanol–water partition coefficient (Wildman–Crippen LogP) is 0.473. The quantitative estimate of drug-likeness (QED) is 0.819. The summed E-state index contributed by atoms with van der Waals surface area (Å²) in [4.78, 5) is 11.7. The third kappa shape index (κ3) is 3.78. The molecule has 1 aromatic rings. The minimum absolute atomic E-state index is 0.0932. The van der Waals surface area contributed by atoms with E-state index in [1.54, 1.807) is 12.1 Å². The molecule has 18 heavy (non-hydrogen) atoms. The second kappa shape index (κ2) is 6.47. The molecule has 1 aliphatic heterocycles. The summed E-state index contributed by atoms with van der Waals surface area (Å²) in [6, 6.07) is 6.29. The molecule has 1 amide bonds. The van der Waals surface area contributed by atoms with E-state index in [9.17, 15) is 9.18 Å². The van der Waals surface area contributed by atoms with Crippen LogP contribution in [0.2, 0.25) is 0 Å². The van der Waals surface area contributed by atoms with Crippen LogP contribution in [0.15, 0.2) is 24.3 Å². The number of amides is 1. The monoisotopic (exact) mass is 252 g/mol. The molecular formula is C13H17FN2O2. The van der Waals surface area contributed by atoms with Gasteiger partial charge in [0, 0.05) is 19.6 Å². The van der Waals surface area contributed by atoms with Crippen molar-refractivity contribution in [1.82, 2.24) is 10.6 Å². The van der Waals surface area contributed by atoms with E-state index in [4.69, 9.17) is 4.74 Å². The number of morpholine rings is 1. The van der Waals surface area contributed by atoms with E-state index in [0.717, 1.165) is 12.1 Å². The first-order valence-electron chi connectivity index (χ1n) is 6.10. The zero-order chi connectivity index (χ0) is 12.8. The molecule has 1 aliphatic rings. The highest BCUT2D eigenvalue weighted by Crippen LogP contribution is 2.03. The van der Waals surface area contributed by atoms with Gasteiger partial charge >= 0.3 is 0 Å². The Balaban J connectivity index is 1.71. The molecule has 98 valence electrons. The summed E-state index contributed by atoms with van der Waals surface area (Å²) in [7, 11) is 0. The van der Waals surface area contributed by atoms with E-state index >= 15 is 0 Å². The van der Waals surface area contributed by atoms with Gasteiger partial charge in [-0.3, -0.25) is 4.79 Å². The fraction of sp³-hybridized carbons (Fsp3) is 0.462. The van der Waals surface area contributed by atoms with Gasteiger partial charge in [0.1, 0.15) is 11.9 Å². The van der Waals surface area contributed by atoms with Gasteiger partial charge in [0.15, 0.2) is 0 Å². The number of hydrogen-bond donors (Lipinski definition) is 2. The molecule has 4 nitrogen and oxygen atoms in total. The van der Waals surface area contributed by atoms with Crippen LogP contribution in [0.4, 0.5) is 4.39 Å². The zero-order valence-corrected chi connectivity index (χ0v) is 10.1. The molecule has 0 aliphatic carbocycles. The topological polar surface area (TPSA) is 50.4 Å². The van der Waals surface area contributed by atoms with E-state index < -0.39 is 6.10 Å². The van der Waals surface area contributed by atoms with Crippen LogP contribution in [0, 0.1) is 5.82 Å². The van der Waals surface area contributed by atoms with E-state index in [1.807, 2.05) is 0 Å². The summed E-state index contributed by atoms with van der Waals surface area (Å²) < 4.78 is 18.0. The van der Waals surface area contributed by atoms with Crippen LogP contribution >= 0.6 is 0 Å². The maximum atomic E-state index is 12.7. The number of halogens is 1. The maximum absolute atomic E-state index is 12.7. The van der Waals surface area contributed by atoms with Crippen LogP contribution in [0.25, 0.3) is 0 Å². The molecule has 0 radical (unpaired) electrons. The van der Waals surface area contributed by atoms with Gasteiger partial charge in [-0.2, -0.15) is 0 Å². The summed E-state index contributed by atoms with van der Waals surface area (Å²) >= 11 is 0. The molecule has 2 N–H and O–H groups in total. The Morgan fingerprint density at radius 2 is 2.22 bits per heavy atom. The molecule has 0 saturated carbocycles. The smallest absolute Gasteiger partial charge is 0.250 e. The van der Waals surface area contributed by atoms with Gasteiger partial charge in [-0.1, -0.05) is 12.1 Å². The third-order valence-corrected chi connectivity index (χ3v) is 2.85. The fourth-order valence-electron chi connectivity index (χ4n) is 1.83. The van der Waals surface area contributed by atoms with Crippen molar-refractivity contribution in [2.75, 3.05) is 26.2 Å². The first kappa shape index (κ1) is 13.0. The lowest BCUT2D eigenvalue weighted by Crippen LogP contribution is -2.48. The van der Waals surface area contributed by atoms with Crippen LogP contribution in [0.3, 0.4) is 0 Å². The number of ether oxygens (including phenoxy) is 1. The Hall–Kier alpha value is -1.46. The lowest BCUT2D eigenvalue weighted by Gasteiger charge is -2.22. The zero-order valence-electron chi connectivity index (χ0n) is 10.1. The SMILES string of the molecule is O=C(NCCc1ccc(F)cc1)C1CNCCO1. The van der Waals surface area contributed by atoms with Crippen molar-refractivity contribution in [2.24, 2.45) is 0 Å². The number of benzene rings is 1. The van der Waals surface area contributed by atoms with Crippen molar-refractivity contribution in [3.8, 4) is 0 Å². The van der Waals surface area contributed by atoms with Crippen molar-refractivity contribution < 1.29 is 13.9 Å². The highest BCUT2D eigenvalue weighted by atomic mass is 19.1. The lowest BCUT2D eigenvalue weighted by atomic mass is 10.1. The first-order valence-corrected chi connectivity index (χ1v) is 6.10. The molecule has 1 aromatic carbocycles. The van der Waals surface area contributed by atoms with Crippen molar-refractivity contribution in [3.63, 3.8) is 0 Å². The summed E-state index contributed by atoms with van der Waals surface area (Å²) in [5.41, 5.74) is 0.999. The summed E-state index contributed by atoms with van der Waals surface area (Å²) in [6.45, 7) is 2.45. The number of rotatable bonds is 4. The molecule has 5 heteroatoms.